The lowest BCUT2D eigenvalue weighted by Crippen LogP contribution is -2.40. The highest BCUT2D eigenvalue weighted by molar-refractivity contribution is 9.10. The molecule has 0 fully saturated rings. The van der Waals surface area contributed by atoms with Gasteiger partial charge in [0, 0.05) is 4.47 Å². The molecule has 1 aromatic heterocycles. The summed E-state index contributed by atoms with van der Waals surface area (Å²) in [7, 11) is 3.04. The van der Waals surface area contributed by atoms with E-state index >= 15 is 0 Å². The van der Waals surface area contributed by atoms with Gasteiger partial charge in [-0.25, -0.2) is 14.6 Å². The number of nitrogens with zero attached hydrogens (tertiary/aromatic N) is 2. The topological polar surface area (TPSA) is 124 Å². The number of hydrogen-bond donors (Lipinski definition) is 0. The number of methoxy groups -OCH3 is 2. The summed E-state index contributed by atoms with van der Waals surface area (Å²) in [5.41, 5.74) is 1.57. The molecular weight excluding hydrogens is 656 g/mol. The second kappa shape index (κ2) is 14.6. The summed E-state index contributed by atoms with van der Waals surface area (Å²) in [6, 6.07) is 7.73. The molecule has 0 saturated heterocycles. The molecule has 0 aliphatic carbocycles. The number of rotatable bonds is 12. The largest absolute Gasteiger partial charge is 0.493 e. The van der Waals surface area contributed by atoms with E-state index in [1.165, 1.54) is 30.1 Å². The molecule has 1 aliphatic rings. The first kappa shape index (κ1) is 32.8. The maximum Gasteiger partial charge on any atom is 0.344 e. The number of esters is 2. The molecule has 0 saturated carbocycles. The molecule has 1 atom stereocenters. The fourth-order valence-electron chi connectivity index (χ4n) is 4.66. The number of carbonyl (C=O) groups excluding carboxylic acids is 2. The number of aromatic nitrogens is 1. The van der Waals surface area contributed by atoms with Crippen molar-refractivity contribution in [2.24, 2.45) is 4.99 Å². The van der Waals surface area contributed by atoms with Gasteiger partial charge >= 0.3 is 11.9 Å². The molecule has 0 N–H and O–H groups in total. The van der Waals surface area contributed by atoms with Gasteiger partial charge in [0.15, 0.2) is 34.4 Å². The summed E-state index contributed by atoms with van der Waals surface area (Å²) in [4.78, 5) is 44.2. The smallest absolute Gasteiger partial charge is 0.344 e. The maximum absolute atomic E-state index is 14.1. The number of carbonyl (C=O) groups is 2. The lowest BCUT2D eigenvalue weighted by atomic mass is 9.95. The number of ether oxygens (including phenoxy) is 6. The number of fused-ring (bicyclic) bond motifs is 1. The van der Waals surface area contributed by atoms with Crippen molar-refractivity contribution in [3.05, 3.63) is 76.9 Å². The molecule has 0 bridgehead atoms. The van der Waals surface area contributed by atoms with Gasteiger partial charge in [-0.05, 0) is 69.2 Å². The van der Waals surface area contributed by atoms with Crippen LogP contribution in [0.4, 0.5) is 0 Å². The molecular formula is C31H33BrN2O9S. The first-order chi connectivity index (χ1) is 21.2. The van der Waals surface area contributed by atoms with Crippen LogP contribution in [-0.4, -0.2) is 57.2 Å². The third kappa shape index (κ3) is 6.83. The third-order valence-electron chi connectivity index (χ3n) is 6.53. The zero-order valence-corrected chi connectivity index (χ0v) is 27.6. The molecule has 0 unspecified atom stereocenters. The van der Waals surface area contributed by atoms with Gasteiger partial charge in [-0.15, -0.1) is 0 Å². The molecule has 2 heterocycles. The first-order valence-electron chi connectivity index (χ1n) is 13.8. The molecule has 0 radical (unpaired) electrons. The van der Waals surface area contributed by atoms with E-state index < -0.39 is 18.0 Å². The van der Waals surface area contributed by atoms with Gasteiger partial charge < -0.3 is 28.4 Å². The Balaban J connectivity index is 1.86. The van der Waals surface area contributed by atoms with E-state index in [1.807, 2.05) is 6.92 Å². The average Bonchev–Trinajstić information content (AvgIpc) is 3.30. The molecule has 0 spiro atoms. The van der Waals surface area contributed by atoms with Crippen LogP contribution in [0.2, 0.25) is 0 Å². The summed E-state index contributed by atoms with van der Waals surface area (Å²) in [6.07, 6.45) is 1.71. The Bertz CT molecular complexity index is 1780. The molecule has 13 heteroatoms. The van der Waals surface area contributed by atoms with Crippen molar-refractivity contribution in [2.45, 2.75) is 33.7 Å². The van der Waals surface area contributed by atoms with Crippen LogP contribution in [0.15, 0.2) is 55.9 Å². The minimum Gasteiger partial charge on any atom is -0.493 e. The van der Waals surface area contributed by atoms with Crippen LogP contribution < -0.4 is 33.8 Å². The van der Waals surface area contributed by atoms with Crippen molar-refractivity contribution in [3.8, 4) is 23.0 Å². The van der Waals surface area contributed by atoms with Crippen LogP contribution in [0.3, 0.4) is 0 Å². The van der Waals surface area contributed by atoms with Crippen molar-refractivity contribution in [2.75, 3.05) is 40.6 Å². The van der Waals surface area contributed by atoms with E-state index in [4.69, 9.17) is 28.4 Å². The third-order valence-corrected chi connectivity index (χ3v) is 8.20. The zero-order valence-electron chi connectivity index (χ0n) is 25.2. The number of halogens is 1. The van der Waals surface area contributed by atoms with E-state index in [9.17, 15) is 14.4 Å². The van der Waals surface area contributed by atoms with Gasteiger partial charge in [0.05, 0.1) is 55.9 Å². The van der Waals surface area contributed by atoms with Crippen molar-refractivity contribution in [1.29, 1.82) is 0 Å². The minimum absolute atomic E-state index is 0.154. The Labute approximate surface area is 266 Å². The molecule has 1 aliphatic heterocycles. The maximum atomic E-state index is 14.1. The molecule has 44 heavy (non-hydrogen) atoms. The van der Waals surface area contributed by atoms with Gasteiger partial charge in [-0.1, -0.05) is 33.3 Å². The fraction of sp³-hybridized carbons (Fsp3) is 0.355. The van der Waals surface area contributed by atoms with E-state index in [-0.39, 0.29) is 31.0 Å². The predicted octanol–water partition coefficient (Wildman–Crippen LogP) is 3.92. The van der Waals surface area contributed by atoms with Gasteiger partial charge in [-0.3, -0.25) is 9.36 Å². The Hall–Kier alpha value is -4.10. The second-order valence-electron chi connectivity index (χ2n) is 9.26. The zero-order chi connectivity index (χ0) is 32.0. The Morgan fingerprint density at radius 1 is 0.955 bits per heavy atom. The van der Waals surface area contributed by atoms with E-state index in [0.29, 0.717) is 60.2 Å². The van der Waals surface area contributed by atoms with Gasteiger partial charge in [0.2, 0.25) is 0 Å². The summed E-state index contributed by atoms with van der Waals surface area (Å²) in [6.45, 7) is 7.48. The molecule has 3 aromatic rings. The van der Waals surface area contributed by atoms with Crippen molar-refractivity contribution < 1.29 is 38.0 Å². The summed E-state index contributed by atoms with van der Waals surface area (Å²) < 4.78 is 35.1. The van der Waals surface area contributed by atoms with Crippen molar-refractivity contribution in [3.63, 3.8) is 0 Å². The van der Waals surface area contributed by atoms with Crippen LogP contribution in [0, 0.1) is 0 Å². The highest BCUT2D eigenvalue weighted by atomic mass is 79.9. The summed E-state index contributed by atoms with van der Waals surface area (Å²) in [5, 5.41) is 0. The molecule has 234 valence electrons. The quantitative estimate of drug-likeness (QED) is 0.261. The Morgan fingerprint density at radius 2 is 1.66 bits per heavy atom. The monoisotopic (exact) mass is 688 g/mol. The standard InChI is InChI=1S/C31H33BrN2O9S/c1-7-40-24-12-18(10-11-21(24)43-16-26(35)41-8-2)13-25-29(36)34-28(19-14-22(38-5)23(39-6)15-20(19)32)27(30(37)42-9-3)17(4)33-31(34)44-25/h10-15,28H,7-9,16H2,1-6H3/b25-13-/t28-/m1/s1. The fourth-order valence-corrected chi connectivity index (χ4v) is 6.24. The highest BCUT2D eigenvalue weighted by Crippen LogP contribution is 2.40. The molecule has 0 amide bonds. The number of benzene rings is 2. The number of hydrogen-bond acceptors (Lipinski definition) is 11. The Kier molecular flexibility index (Phi) is 10.9. The second-order valence-corrected chi connectivity index (χ2v) is 11.1. The molecule has 4 rings (SSSR count). The van der Waals surface area contributed by atoms with Gasteiger partial charge in [0.25, 0.3) is 5.56 Å². The normalized spacial score (nSPS) is 14.4. The van der Waals surface area contributed by atoms with Crippen LogP contribution in [-0.2, 0) is 19.1 Å². The van der Waals surface area contributed by atoms with Crippen molar-refractivity contribution >= 4 is 45.3 Å². The Morgan fingerprint density at radius 3 is 2.32 bits per heavy atom. The van der Waals surface area contributed by atoms with Crippen LogP contribution >= 0.6 is 27.3 Å². The van der Waals surface area contributed by atoms with Gasteiger partial charge in [-0.2, -0.15) is 0 Å². The van der Waals surface area contributed by atoms with E-state index in [1.54, 1.807) is 57.2 Å². The predicted molar refractivity (Wildman–Crippen MR) is 167 cm³/mol. The average molecular weight is 690 g/mol. The van der Waals surface area contributed by atoms with Crippen LogP contribution in [0.25, 0.3) is 6.08 Å². The van der Waals surface area contributed by atoms with E-state index in [0.717, 1.165) is 0 Å². The number of thiazole rings is 1. The molecule has 11 nitrogen and oxygen atoms in total. The first-order valence-corrected chi connectivity index (χ1v) is 15.4. The van der Waals surface area contributed by atoms with E-state index in [2.05, 4.69) is 20.9 Å². The lowest BCUT2D eigenvalue weighted by molar-refractivity contribution is -0.145. The lowest BCUT2D eigenvalue weighted by Gasteiger charge is -2.26. The SMILES string of the molecule is CCOC(=O)COc1ccc(/C=c2\sc3n(c2=O)[C@H](c2cc(OC)c(OC)cc2Br)C(C(=O)OCC)=C(C)N=3)cc1OCC. The summed E-state index contributed by atoms with van der Waals surface area (Å²) >= 11 is 4.79. The summed E-state index contributed by atoms with van der Waals surface area (Å²) in [5.74, 6) is 0.619. The molecule has 2 aromatic carbocycles. The van der Waals surface area contributed by atoms with Crippen molar-refractivity contribution in [1.82, 2.24) is 4.57 Å². The highest BCUT2D eigenvalue weighted by Gasteiger charge is 2.35. The van der Waals surface area contributed by atoms with Crippen LogP contribution in [0.1, 0.15) is 44.9 Å². The number of allylic oxidation sites excluding steroid dienone is 1. The van der Waals surface area contributed by atoms with Crippen LogP contribution in [0.5, 0.6) is 23.0 Å². The van der Waals surface area contributed by atoms with Gasteiger partial charge in [0.1, 0.15) is 0 Å². The minimum atomic E-state index is -0.862.